The number of ketones is 1. The minimum Gasteiger partial charge on any atom is -0.292 e. The van der Waals surface area contributed by atoms with Crippen LogP contribution in [0.4, 0.5) is 0 Å². The Morgan fingerprint density at radius 1 is 0.829 bits per heavy atom. The van der Waals surface area contributed by atoms with Crippen LogP contribution in [0.25, 0.3) is 0 Å². The van der Waals surface area contributed by atoms with Crippen molar-refractivity contribution in [2.75, 3.05) is 5.88 Å². The number of imide groups is 1. The fraction of sp³-hybridized carbons (Fsp3) is 0.308. The monoisotopic (exact) mass is 734 g/mol. The molecule has 41 heavy (non-hydrogen) atoms. The zero-order valence-electron chi connectivity index (χ0n) is 20.2. The van der Waals surface area contributed by atoms with Gasteiger partial charge in [-0.2, -0.15) is 5.01 Å². The molecule has 6 nitrogen and oxygen atoms in total. The Morgan fingerprint density at radius 3 is 1.83 bits per heavy atom. The van der Waals surface area contributed by atoms with Gasteiger partial charge in [0, 0.05) is 16.5 Å². The molecule has 15 heteroatoms. The molecule has 2 aromatic carbocycles. The Kier molecular flexibility index (Phi) is 8.37. The molecule has 2 aliphatic carbocycles. The summed E-state index contributed by atoms with van der Waals surface area (Å²) < 4.78 is -2.18. The molecular formula is C26H15Cl9N2O4. The van der Waals surface area contributed by atoms with E-state index in [2.05, 4.69) is 0 Å². The highest BCUT2D eigenvalue weighted by Gasteiger charge is 2.88. The van der Waals surface area contributed by atoms with Gasteiger partial charge >= 0.3 is 0 Å². The molecule has 1 saturated carbocycles. The Morgan fingerprint density at radius 2 is 1.34 bits per heavy atom. The number of alkyl halides is 5. The second-order valence-electron chi connectivity index (χ2n) is 9.56. The minimum atomic E-state index is -2.18. The maximum atomic E-state index is 14.2. The van der Waals surface area contributed by atoms with Crippen molar-refractivity contribution in [3.8, 4) is 0 Å². The fourth-order valence-corrected chi connectivity index (χ4v) is 9.08. The zero-order chi connectivity index (χ0) is 30.2. The molecule has 1 saturated heterocycles. The molecule has 1 heterocycles. The first-order valence-electron chi connectivity index (χ1n) is 11.8. The van der Waals surface area contributed by atoms with Gasteiger partial charge in [0.05, 0.1) is 32.5 Å². The lowest BCUT2D eigenvalue weighted by Gasteiger charge is -2.39. The van der Waals surface area contributed by atoms with Gasteiger partial charge in [-0.15, -0.1) is 34.8 Å². The van der Waals surface area contributed by atoms with E-state index in [0.29, 0.717) is 10.0 Å². The molecule has 3 aliphatic rings. The first-order chi connectivity index (χ1) is 19.2. The van der Waals surface area contributed by atoms with Crippen molar-refractivity contribution in [3.63, 3.8) is 0 Å². The number of hydrogen-bond acceptors (Lipinski definition) is 4. The molecule has 2 fully saturated rings. The number of halogens is 9. The topological polar surface area (TPSA) is 74.8 Å². The number of benzene rings is 2. The maximum absolute atomic E-state index is 14.2. The summed E-state index contributed by atoms with van der Waals surface area (Å²) in [6.07, 6.45) is -0.168. The van der Waals surface area contributed by atoms with Gasteiger partial charge < -0.3 is 0 Å². The molecule has 5 rings (SSSR count). The van der Waals surface area contributed by atoms with Gasteiger partial charge in [0.25, 0.3) is 17.7 Å². The third-order valence-electron chi connectivity index (χ3n) is 7.52. The highest BCUT2D eigenvalue weighted by atomic mass is 35.5. The number of rotatable bonds is 7. The summed E-state index contributed by atoms with van der Waals surface area (Å²) in [6.45, 7) is 0. The van der Waals surface area contributed by atoms with Crippen LogP contribution in [-0.4, -0.2) is 59.5 Å². The maximum Gasteiger partial charge on any atom is 0.275 e. The summed E-state index contributed by atoms with van der Waals surface area (Å²) in [4.78, 5) is 52.2. The van der Waals surface area contributed by atoms with E-state index < -0.39 is 55.5 Å². The molecule has 3 amide bonds. The molecule has 0 N–H and O–H groups in total. The Bertz CT molecular complexity index is 1490. The molecule has 1 aliphatic heterocycles. The van der Waals surface area contributed by atoms with Gasteiger partial charge in [0.2, 0.25) is 0 Å². The number of allylic oxidation sites excluding steroid dienone is 2. The molecule has 0 unspecified atom stereocenters. The quantitative estimate of drug-likeness (QED) is 0.166. The first-order valence-corrected chi connectivity index (χ1v) is 15.4. The van der Waals surface area contributed by atoms with Crippen molar-refractivity contribution in [2.45, 2.75) is 26.5 Å². The van der Waals surface area contributed by atoms with Crippen LogP contribution in [-0.2, 0) is 9.59 Å². The number of amides is 3. The predicted molar refractivity (Wildman–Crippen MR) is 162 cm³/mol. The molecule has 2 bridgehead atoms. The van der Waals surface area contributed by atoms with E-state index in [0.717, 1.165) is 5.01 Å². The average Bonchev–Trinajstić information content (AvgIpc) is 3.32. The Hall–Kier alpha value is -0.930. The van der Waals surface area contributed by atoms with Crippen molar-refractivity contribution >= 4 is 128 Å². The van der Waals surface area contributed by atoms with E-state index in [1.165, 1.54) is 42.5 Å². The van der Waals surface area contributed by atoms with E-state index in [9.17, 15) is 19.2 Å². The van der Waals surface area contributed by atoms with E-state index in [4.69, 9.17) is 104 Å². The zero-order valence-corrected chi connectivity index (χ0v) is 27.0. The highest BCUT2D eigenvalue weighted by Crippen LogP contribution is 2.77. The normalized spacial score (nSPS) is 28.8. The second-order valence-corrected chi connectivity index (χ2v) is 14.1. The van der Waals surface area contributed by atoms with Gasteiger partial charge in [0.1, 0.15) is 15.8 Å². The Balaban J connectivity index is 1.69. The number of nitrogens with zero attached hydrogens (tertiary/aromatic N) is 2. The van der Waals surface area contributed by atoms with Crippen molar-refractivity contribution < 1.29 is 19.2 Å². The summed E-state index contributed by atoms with van der Waals surface area (Å²) in [6, 6.07) is 10.3. The van der Waals surface area contributed by atoms with Crippen LogP contribution >= 0.6 is 104 Å². The fourth-order valence-electron chi connectivity index (χ4n) is 5.60. The lowest BCUT2D eigenvalue weighted by molar-refractivity contribution is -0.157. The van der Waals surface area contributed by atoms with E-state index in [1.807, 2.05) is 0 Å². The van der Waals surface area contributed by atoms with Gasteiger partial charge in [-0.05, 0) is 42.8 Å². The number of carbonyl (C=O) groups excluding carboxylic acids is 4. The van der Waals surface area contributed by atoms with Crippen LogP contribution in [0.5, 0.6) is 0 Å². The van der Waals surface area contributed by atoms with Crippen molar-refractivity contribution in [1.82, 2.24) is 10.0 Å². The van der Waals surface area contributed by atoms with Crippen molar-refractivity contribution in [1.29, 1.82) is 0 Å². The number of carbonyl (C=O) groups is 4. The van der Waals surface area contributed by atoms with Crippen LogP contribution < -0.4 is 0 Å². The molecule has 5 atom stereocenters. The smallest absolute Gasteiger partial charge is 0.275 e. The summed E-state index contributed by atoms with van der Waals surface area (Å²) in [5.41, 5.74) is 0.0365. The van der Waals surface area contributed by atoms with E-state index >= 15 is 0 Å². The van der Waals surface area contributed by atoms with Crippen LogP contribution in [0.2, 0.25) is 10.0 Å². The standard InChI is InChI=1S/C26H15Cl9N2O4/c27-10-9-15(18(38)11-5-7-12(28)8-6-11)36(21(39)13-3-1-2-4-14(13)29)37-22(40)16-17(23(37)41)25(33)20(31)19(30)24(16,32)26(25,34)35/h1-8,15-17H,9-10H2/t15-,16+,17+,24+,25+/m0/s1. The van der Waals surface area contributed by atoms with Crippen molar-refractivity contribution in [3.05, 3.63) is 79.8 Å². The minimum absolute atomic E-state index is 0.00124. The third kappa shape index (κ3) is 4.20. The average molecular weight is 738 g/mol. The van der Waals surface area contributed by atoms with Crippen molar-refractivity contribution in [2.24, 2.45) is 11.8 Å². The molecule has 2 aromatic rings. The third-order valence-corrected chi connectivity index (χ3v) is 12.6. The van der Waals surface area contributed by atoms with Crippen LogP contribution in [0.15, 0.2) is 58.6 Å². The summed E-state index contributed by atoms with van der Waals surface area (Å²) in [5.74, 6) is -6.83. The summed E-state index contributed by atoms with van der Waals surface area (Å²) in [5, 5.41) is 1.02. The molecule has 0 spiro atoms. The number of fused-ring (bicyclic) bond motifs is 5. The van der Waals surface area contributed by atoms with Crippen LogP contribution in [0.1, 0.15) is 27.1 Å². The van der Waals surface area contributed by atoms with Crippen LogP contribution in [0, 0.1) is 11.8 Å². The summed E-state index contributed by atoms with van der Waals surface area (Å²) in [7, 11) is 0. The van der Waals surface area contributed by atoms with Gasteiger partial charge in [-0.25, -0.2) is 5.01 Å². The largest absolute Gasteiger partial charge is 0.292 e. The molecule has 216 valence electrons. The van der Waals surface area contributed by atoms with Gasteiger partial charge in [0.15, 0.2) is 10.1 Å². The van der Waals surface area contributed by atoms with E-state index in [1.54, 1.807) is 6.07 Å². The Labute approximate surface area is 279 Å². The molecule has 0 aromatic heterocycles. The molecular weight excluding hydrogens is 723 g/mol. The molecule has 0 radical (unpaired) electrons. The first kappa shape index (κ1) is 31.5. The lowest BCUT2D eigenvalue weighted by atomic mass is 9.84. The SMILES string of the molecule is O=C(c1ccc(Cl)cc1)[C@H](CCCl)N(C(=O)c1ccccc1Cl)N1C(=O)[C@H]2[C@H](C1=O)[C@@]1(Cl)C(Cl)=C(Cl)[C@@]2(Cl)C1(Cl)Cl. The number of hydrogen-bond donors (Lipinski definition) is 0. The number of hydrazine groups is 1. The summed E-state index contributed by atoms with van der Waals surface area (Å²) >= 11 is 58.1. The second kappa shape index (κ2) is 10.9. The van der Waals surface area contributed by atoms with E-state index in [-0.39, 0.29) is 38.5 Å². The lowest BCUT2D eigenvalue weighted by Crippen LogP contribution is -2.60. The van der Waals surface area contributed by atoms with Gasteiger partial charge in [-0.3, -0.25) is 19.2 Å². The predicted octanol–water partition coefficient (Wildman–Crippen LogP) is 7.68. The number of Topliss-reactive ketones (excluding diaryl/α,β-unsaturated/α-hetero) is 1. The van der Waals surface area contributed by atoms with Crippen LogP contribution in [0.3, 0.4) is 0 Å². The van der Waals surface area contributed by atoms with Gasteiger partial charge in [-0.1, -0.05) is 81.7 Å². The highest BCUT2D eigenvalue weighted by molar-refractivity contribution is 6.66.